The molecular formula is C25H30N2. The van der Waals surface area contributed by atoms with Crippen molar-refractivity contribution in [3.63, 3.8) is 0 Å². The maximum Gasteiger partial charge on any atom is 0.140 e. The van der Waals surface area contributed by atoms with E-state index >= 15 is 0 Å². The van der Waals surface area contributed by atoms with Crippen LogP contribution in [-0.2, 0) is 13.0 Å². The first-order chi connectivity index (χ1) is 13.0. The van der Waals surface area contributed by atoms with Gasteiger partial charge in [0.2, 0.25) is 0 Å². The Morgan fingerprint density at radius 1 is 0.926 bits per heavy atom. The first-order valence-electron chi connectivity index (χ1n) is 9.83. The molecule has 2 aromatic carbocycles. The van der Waals surface area contributed by atoms with E-state index in [2.05, 4.69) is 81.3 Å². The molecule has 1 heterocycles. The predicted molar refractivity (Wildman–Crippen MR) is 116 cm³/mol. The topological polar surface area (TPSA) is 17.8 Å². The summed E-state index contributed by atoms with van der Waals surface area (Å²) in [6.45, 7) is 13.5. The minimum atomic E-state index is 1.01. The fraction of sp³-hybridized carbons (Fsp3) is 0.320. The maximum atomic E-state index is 4.91. The SMILES string of the molecule is C=Cc1ccc(CCCCn2c(-c3c(C)cccc3C)nc(C)c2C)cc1. The maximum absolute atomic E-state index is 4.91. The van der Waals surface area contributed by atoms with Crippen molar-refractivity contribution in [1.29, 1.82) is 0 Å². The highest BCUT2D eigenvalue weighted by Crippen LogP contribution is 2.28. The monoisotopic (exact) mass is 358 g/mol. The minimum absolute atomic E-state index is 1.01. The normalized spacial score (nSPS) is 11.0. The van der Waals surface area contributed by atoms with Crippen molar-refractivity contribution in [2.24, 2.45) is 0 Å². The number of unbranched alkanes of at least 4 members (excludes halogenated alkanes) is 1. The van der Waals surface area contributed by atoms with Crippen molar-refractivity contribution in [2.45, 2.75) is 53.5 Å². The smallest absolute Gasteiger partial charge is 0.140 e. The van der Waals surface area contributed by atoms with Crippen LogP contribution in [0, 0.1) is 27.7 Å². The molecule has 1 aromatic heterocycles. The Bertz CT molecular complexity index is 909. The number of nitrogens with zero attached hydrogens (tertiary/aromatic N) is 2. The Morgan fingerprint density at radius 2 is 1.59 bits per heavy atom. The third-order valence-corrected chi connectivity index (χ3v) is 5.48. The van der Waals surface area contributed by atoms with Gasteiger partial charge >= 0.3 is 0 Å². The molecule has 0 atom stereocenters. The Hall–Kier alpha value is -2.61. The number of hydrogen-bond acceptors (Lipinski definition) is 1. The number of hydrogen-bond donors (Lipinski definition) is 0. The lowest BCUT2D eigenvalue weighted by atomic mass is 10.0. The quantitative estimate of drug-likeness (QED) is 0.444. The summed E-state index contributed by atoms with van der Waals surface area (Å²) in [4.78, 5) is 4.91. The van der Waals surface area contributed by atoms with E-state index in [1.807, 2.05) is 6.08 Å². The molecule has 0 bridgehead atoms. The van der Waals surface area contributed by atoms with Gasteiger partial charge in [-0.25, -0.2) is 4.98 Å². The van der Waals surface area contributed by atoms with E-state index in [-0.39, 0.29) is 0 Å². The molecule has 3 rings (SSSR count). The van der Waals surface area contributed by atoms with Crippen LogP contribution in [0.1, 0.15) is 46.5 Å². The summed E-state index contributed by atoms with van der Waals surface area (Å²) in [7, 11) is 0. The van der Waals surface area contributed by atoms with Crippen molar-refractivity contribution in [3.05, 3.63) is 82.7 Å². The Labute approximate surface area is 163 Å². The van der Waals surface area contributed by atoms with Crippen molar-refractivity contribution in [3.8, 4) is 11.4 Å². The Balaban J connectivity index is 1.72. The molecule has 0 saturated carbocycles. The van der Waals surface area contributed by atoms with Crippen molar-refractivity contribution >= 4 is 6.08 Å². The molecule has 2 heteroatoms. The molecule has 3 aromatic rings. The molecule has 0 N–H and O–H groups in total. The highest BCUT2D eigenvalue weighted by Gasteiger charge is 2.16. The van der Waals surface area contributed by atoms with E-state index in [4.69, 9.17) is 4.98 Å². The largest absolute Gasteiger partial charge is 0.328 e. The zero-order valence-corrected chi connectivity index (χ0v) is 17.0. The van der Waals surface area contributed by atoms with Crippen LogP contribution in [0.15, 0.2) is 49.0 Å². The average molecular weight is 359 g/mol. The molecule has 0 radical (unpaired) electrons. The fourth-order valence-corrected chi connectivity index (χ4v) is 3.71. The van der Waals surface area contributed by atoms with E-state index in [1.54, 1.807) is 0 Å². The summed E-state index contributed by atoms with van der Waals surface area (Å²) in [5, 5.41) is 0. The molecule has 27 heavy (non-hydrogen) atoms. The highest BCUT2D eigenvalue weighted by atomic mass is 15.1. The van der Waals surface area contributed by atoms with Gasteiger partial charge in [-0.15, -0.1) is 0 Å². The zero-order valence-electron chi connectivity index (χ0n) is 17.0. The summed E-state index contributed by atoms with van der Waals surface area (Å²) in [6.07, 6.45) is 5.33. The highest BCUT2D eigenvalue weighted by molar-refractivity contribution is 5.65. The standard InChI is InChI=1S/C25H30N2/c1-6-22-13-15-23(16-14-22)12-7-8-17-27-21(5)20(4)26-25(27)24-18(2)10-9-11-19(24)3/h6,9-11,13-16H,1,7-8,12,17H2,2-5H3. The van der Waals surface area contributed by atoms with Crippen LogP contribution in [0.25, 0.3) is 17.5 Å². The molecule has 0 saturated heterocycles. The van der Waals surface area contributed by atoms with E-state index in [0.29, 0.717) is 0 Å². The number of aromatic nitrogens is 2. The molecule has 140 valence electrons. The lowest BCUT2D eigenvalue weighted by Gasteiger charge is -2.14. The third kappa shape index (κ3) is 4.21. The first-order valence-corrected chi connectivity index (χ1v) is 9.83. The fourth-order valence-electron chi connectivity index (χ4n) is 3.71. The molecule has 0 unspecified atom stereocenters. The van der Waals surface area contributed by atoms with E-state index in [1.165, 1.54) is 39.9 Å². The predicted octanol–water partition coefficient (Wildman–Crippen LogP) is 6.45. The lowest BCUT2D eigenvalue weighted by molar-refractivity contribution is 0.602. The van der Waals surface area contributed by atoms with Crippen LogP contribution < -0.4 is 0 Å². The molecule has 0 aliphatic carbocycles. The second kappa shape index (κ2) is 8.39. The van der Waals surface area contributed by atoms with Gasteiger partial charge in [-0.05, 0) is 69.2 Å². The van der Waals surface area contributed by atoms with Gasteiger partial charge in [0.1, 0.15) is 5.82 Å². The molecule has 0 fully saturated rings. The average Bonchev–Trinajstić information content (AvgIpc) is 2.93. The Morgan fingerprint density at radius 3 is 2.22 bits per heavy atom. The third-order valence-electron chi connectivity index (χ3n) is 5.48. The molecule has 0 spiro atoms. The van der Waals surface area contributed by atoms with Gasteiger partial charge in [0.15, 0.2) is 0 Å². The number of imidazole rings is 1. The molecule has 0 aliphatic rings. The van der Waals surface area contributed by atoms with Crippen LogP contribution >= 0.6 is 0 Å². The Kier molecular flexibility index (Phi) is 5.95. The summed E-state index contributed by atoms with van der Waals surface area (Å²) in [6, 6.07) is 15.2. The van der Waals surface area contributed by atoms with E-state index in [9.17, 15) is 0 Å². The molecule has 2 nitrogen and oxygen atoms in total. The van der Waals surface area contributed by atoms with Crippen LogP contribution in [0.3, 0.4) is 0 Å². The first kappa shape index (κ1) is 19.2. The van der Waals surface area contributed by atoms with Gasteiger partial charge in [0.25, 0.3) is 0 Å². The van der Waals surface area contributed by atoms with Gasteiger partial charge in [-0.2, -0.15) is 0 Å². The van der Waals surface area contributed by atoms with Gasteiger partial charge < -0.3 is 4.57 Å². The van der Waals surface area contributed by atoms with Gasteiger partial charge in [0, 0.05) is 17.8 Å². The summed E-state index contributed by atoms with van der Waals surface area (Å²) in [5.74, 6) is 1.12. The van der Waals surface area contributed by atoms with Crippen LogP contribution in [0.5, 0.6) is 0 Å². The van der Waals surface area contributed by atoms with Gasteiger partial charge in [0.05, 0.1) is 5.69 Å². The van der Waals surface area contributed by atoms with E-state index in [0.717, 1.165) is 30.9 Å². The zero-order chi connectivity index (χ0) is 19.4. The van der Waals surface area contributed by atoms with E-state index < -0.39 is 0 Å². The molecule has 0 aliphatic heterocycles. The van der Waals surface area contributed by atoms with Crippen molar-refractivity contribution in [1.82, 2.24) is 9.55 Å². The second-order valence-corrected chi connectivity index (χ2v) is 7.43. The van der Waals surface area contributed by atoms with Crippen molar-refractivity contribution < 1.29 is 0 Å². The van der Waals surface area contributed by atoms with Crippen LogP contribution in [0.2, 0.25) is 0 Å². The van der Waals surface area contributed by atoms with Crippen LogP contribution in [-0.4, -0.2) is 9.55 Å². The summed E-state index contributed by atoms with van der Waals surface area (Å²) >= 11 is 0. The van der Waals surface area contributed by atoms with Gasteiger partial charge in [-0.1, -0.05) is 55.1 Å². The number of aryl methyl sites for hydroxylation is 4. The molecule has 0 amide bonds. The summed E-state index contributed by atoms with van der Waals surface area (Å²) in [5.41, 5.74) is 8.87. The van der Waals surface area contributed by atoms with Crippen molar-refractivity contribution in [2.75, 3.05) is 0 Å². The number of benzene rings is 2. The minimum Gasteiger partial charge on any atom is -0.328 e. The lowest BCUT2D eigenvalue weighted by Crippen LogP contribution is -2.05. The molecular weight excluding hydrogens is 328 g/mol. The number of rotatable bonds is 7. The van der Waals surface area contributed by atoms with Gasteiger partial charge in [-0.3, -0.25) is 0 Å². The second-order valence-electron chi connectivity index (χ2n) is 7.43. The summed E-state index contributed by atoms with van der Waals surface area (Å²) < 4.78 is 2.41. The van der Waals surface area contributed by atoms with Crippen LogP contribution in [0.4, 0.5) is 0 Å².